The van der Waals surface area contributed by atoms with E-state index in [0.717, 1.165) is 37.7 Å². The van der Waals surface area contributed by atoms with Crippen LogP contribution in [0.4, 0.5) is 24.9 Å². The average Bonchev–Trinajstić information content (AvgIpc) is 3.06. The number of benzene rings is 1. The number of hydrogen-bond donors (Lipinski definition) is 0. The summed E-state index contributed by atoms with van der Waals surface area (Å²) in [6.45, 7) is 5.86. The van der Waals surface area contributed by atoms with Gasteiger partial charge in [-0.2, -0.15) is 13.2 Å². The Morgan fingerprint density at radius 2 is 1.71 bits per heavy atom. The Kier molecular flexibility index (Phi) is 4.85. The zero-order chi connectivity index (χ0) is 24.6. The summed E-state index contributed by atoms with van der Waals surface area (Å²) in [6, 6.07) is 5.32. The summed E-state index contributed by atoms with van der Waals surface area (Å²) in [7, 11) is 0. The highest BCUT2D eigenvalue weighted by Crippen LogP contribution is 2.45. The van der Waals surface area contributed by atoms with Crippen LogP contribution in [0.25, 0.3) is 5.69 Å². The molecule has 0 N–H and O–H groups in total. The van der Waals surface area contributed by atoms with E-state index in [-0.39, 0.29) is 18.5 Å². The van der Waals surface area contributed by atoms with E-state index in [2.05, 4.69) is 30.0 Å². The van der Waals surface area contributed by atoms with Crippen LogP contribution in [0.5, 0.6) is 0 Å². The third-order valence-corrected chi connectivity index (χ3v) is 7.67. The van der Waals surface area contributed by atoms with Crippen LogP contribution in [0.15, 0.2) is 36.8 Å². The first-order valence-electron chi connectivity index (χ1n) is 11.4. The van der Waals surface area contributed by atoms with E-state index in [1.165, 1.54) is 18.7 Å². The number of halogens is 4. The summed E-state index contributed by atoms with van der Waals surface area (Å²) >= 11 is 6.25. The van der Waals surface area contributed by atoms with Gasteiger partial charge in [-0.15, -0.1) is 10.2 Å². The smallest absolute Gasteiger partial charge is 0.354 e. The summed E-state index contributed by atoms with van der Waals surface area (Å²) < 4.78 is 43.7. The predicted octanol–water partition coefficient (Wildman–Crippen LogP) is 3.69. The molecule has 184 valence electrons. The molecule has 3 aliphatic heterocycles. The third-order valence-electron chi connectivity index (χ3n) is 7.43. The zero-order valence-electron chi connectivity index (χ0n) is 19.3. The van der Waals surface area contributed by atoms with Crippen molar-refractivity contribution in [1.82, 2.24) is 29.6 Å². The third kappa shape index (κ3) is 3.55. The maximum Gasteiger partial charge on any atom is 0.406 e. The quantitative estimate of drug-likeness (QED) is 0.539. The van der Waals surface area contributed by atoms with E-state index < -0.39 is 11.7 Å². The zero-order valence-corrected chi connectivity index (χ0v) is 20.1. The summed E-state index contributed by atoms with van der Waals surface area (Å²) in [4.78, 5) is 14.2. The van der Waals surface area contributed by atoms with Gasteiger partial charge in [0.2, 0.25) is 5.95 Å². The van der Waals surface area contributed by atoms with Crippen LogP contribution in [-0.4, -0.2) is 67.5 Å². The number of fused-ring (bicyclic) bond motifs is 3. The van der Waals surface area contributed by atoms with Gasteiger partial charge in [-0.25, -0.2) is 4.98 Å². The normalized spacial score (nSPS) is 19.6. The number of hydrogen-bond acceptors (Lipinski definition) is 7. The van der Waals surface area contributed by atoms with E-state index >= 15 is 0 Å². The first kappa shape index (κ1) is 22.5. The maximum absolute atomic E-state index is 13.9. The molecule has 0 bridgehead atoms. The molecule has 0 unspecified atom stereocenters. The van der Waals surface area contributed by atoms with Gasteiger partial charge in [-0.05, 0) is 37.6 Å². The first-order chi connectivity index (χ1) is 16.6. The highest BCUT2D eigenvalue weighted by molar-refractivity contribution is 6.30. The molecule has 0 radical (unpaired) electrons. The minimum Gasteiger partial charge on any atom is -0.354 e. The molecule has 1 spiro atoms. The monoisotopic (exact) mass is 504 g/mol. The minimum atomic E-state index is -4.41. The Morgan fingerprint density at radius 3 is 2.40 bits per heavy atom. The second-order valence-corrected chi connectivity index (χ2v) is 10.6. The van der Waals surface area contributed by atoms with Gasteiger partial charge >= 0.3 is 6.18 Å². The summed E-state index contributed by atoms with van der Waals surface area (Å²) in [6.07, 6.45) is 0.694. The SMILES string of the molecule is CC(C)(N1Cc2cc(Cl)ccc2-n2c(nnc2N2CC3(CN(c4cnccn4)C3)C2)C1)C(F)(F)F. The highest BCUT2D eigenvalue weighted by atomic mass is 35.5. The molecule has 6 rings (SSSR count). The Morgan fingerprint density at radius 1 is 0.971 bits per heavy atom. The molecule has 5 heterocycles. The molecule has 35 heavy (non-hydrogen) atoms. The van der Waals surface area contributed by atoms with Crippen molar-refractivity contribution in [1.29, 1.82) is 0 Å². The van der Waals surface area contributed by atoms with Crippen LogP contribution in [0.1, 0.15) is 25.2 Å². The van der Waals surface area contributed by atoms with E-state index in [0.29, 0.717) is 22.4 Å². The van der Waals surface area contributed by atoms with Crippen molar-refractivity contribution in [2.24, 2.45) is 5.41 Å². The largest absolute Gasteiger partial charge is 0.406 e. The number of aromatic nitrogens is 5. The molecular formula is C23H24ClF3N8. The minimum absolute atomic E-state index is 0.0191. The van der Waals surface area contributed by atoms with Gasteiger partial charge in [-0.1, -0.05) is 11.6 Å². The van der Waals surface area contributed by atoms with Crippen molar-refractivity contribution in [2.45, 2.75) is 38.7 Å². The molecular weight excluding hydrogens is 481 g/mol. The van der Waals surface area contributed by atoms with Gasteiger partial charge < -0.3 is 9.80 Å². The lowest BCUT2D eigenvalue weighted by atomic mass is 9.73. The Labute approximate surface area is 205 Å². The lowest BCUT2D eigenvalue weighted by Gasteiger charge is -2.60. The van der Waals surface area contributed by atoms with Crippen LogP contribution >= 0.6 is 11.6 Å². The predicted molar refractivity (Wildman–Crippen MR) is 125 cm³/mol. The van der Waals surface area contributed by atoms with Crippen LogP contribution < -0.4 is 9.80 Å². The van der Waals surface area contributed by atoms with Gasteiger partial charge in [0.25, 0.3) is 0 Å². The summed E-state index contributed by atoms with van der Waals surface area (Å²) in [5, 5.41) is 9.25. The fraction of sp³-hybridized carbons (Fsp3) is 0.478. The van der Waals surface area contributed by atoms with E-state index in [9.17, 15) is 13.2 Å². The van der Waals surface area contributed by atoms with Gasteiger partial charge in [0.15, 0.2) is 5.82 Å². The first-order valence-corrected chi connectivity index (χ1v) is 11.7. The van der Waals surface area contributed by atoms with E-state index in [1.54, 1.807) is 30.7 Å². The molecule has 1 aromatic carbocycles. The lowest BCUT2D eigenvalue weighted by Crippen LogP contribution is -2.73. The molecule has 8 nitrogen and oxygen atoms in total. The van der Waals surface area contributed by atoms with Crippen LogP contribution in [0.3, 0.4) is 0 Å². The number of alkyl halides is 3. The van der Waals surface area contributed by atoms with Gasteiger partial charge in [0.1, 0.15) is 11.4 Å². The molecule has 0 saturated carbocycles. The molecule has 2 aromatic heterocycles. The number of nitrogens with zero attached hydrogens (tertiary/aromatic N) is 8. The Balaban J connectivity index is 1.29. The molecule has 2 saturated heterocycles. The second kappa shape index (κ2) is 7.54. The van der Waals surface area contributed by atoms with E-state index in [4.69, 9.17) is 11.6 Å². The van der Waals surface area contributed by atoms with Crippen molar-refractivity contribution in [3.8, 4) is 5.69 Å². The Bertz CT molecular complexity index is 1260. The molecule has 3 aromatic rings. The van der Waals surface area contributed by atoms with Crippen molar-refractivity contribution < 1.29 is 13.2 Å². The molecule has 0 aliphatic carbocycles. The molecule has 2 fully saturated rings. The molecule has 3 aliphatic rings. The fourth-order valence-corrected chi connectivity index (χ4v) is 5.45. The van der Waals surface area contributed by atoms with Crippen LogP contribution in [0, 0.1) is 5.41 Å². The maximum atomic E-state index is 13.9. The summed E-state index contributed by atoms with van der Waals surface area (Å²) in [5.41, 5.74) is -0.436. The fourth-order valence-electron chi connectivity index (χ4n) is 5.25. The van der Waals surface area contributed by atoms with E-state index in [1.807, 2.05) is 10.6 Å². The molecule has 12 heteroatoms. The van der Waals surface area contributed by atoms with Gasteiger partial charge in [0, 0.05) is 55.6 Å². The van der Waals surface area contributed by atoms with Gasteiger partial charge in [-0.3, -0.25) is 14.5 Å². The lowest BCUT2D eigenvalue weighted by molar-refractivity contribution is -0.224. The second-order valence-electron chi connectivity index (χ2n) is 10.2. The molecule has 0 amide bonds. The number of rotatable bonds is 3. The van der Waals surface area contributed by atoms with Gasteiger partial charge in [0.05, 0.1) is 18.4 Å². The van der Waals surface area contributed by atoms with Crippen molar-refractivity contribution in [3.05, 3.63) is 53.2 Å². The van der Waals surface area contributed by atoms with Crippen molar-refractivity contribution >= 4 is 23.4 Å². The standard InChI is InChI=1S/C23H24ClF3N8/c1-21(2,23(25,26)27)34-9-15-7-16(24)3-4-17(15)35-19(10-34)30-31-20(35)33-13-22(14-33)11-32(12-22)18-8-28-5-6-29-18/h3-8H,9-14H2,1-2H3. The summed E-state index contributed by atoms with van der Waals surface area (Å²) in [5.74, 6) is 2.00. The van der Waals surface area contributed by atoms with Crippen LogP contribution in [-0.2, 0) is 13.1 Å². The highest BCUT2D eigenvalue weighted by Gasteiger charge is 2.54. The Hall–Kier alpha value is -2.92. The molecule has 0 atom stereocenters. The van der Waals surface area contributed by atoms with Crippen molar-refractivity contribution in [3.63, 3.8) is 0 Å². The topological polar surface area (TPSA) is 66.2 Å². The van der Waals surface area contributed by atoms with Crippen molar-refractivity contribution in [2.75, 3.05) is 36.0 Å². The average molecular weight is 505 g/mol. The number of anilines is 2. The van der Waals surface area contributed by atoms with Crippen LogP contribution in [0.2, 0.25) is 5.02 Å².